The predicted molar refractivity (Wildman–Crippen MR) is 95.5 cm³/mol. The van der Waals surface area contributed by atoms with Crippen LogP contribution < -0.4 is 10.6 Å². The molecule has 0 aliphatic carbocycles. The number of hydrogen-bond acceptors (Lipinski definition) is 4. The van der Waals surface area contributed by atoms with Crippen molar-refractivity contribution in [1.29, 1.82) is 0 Å². The van der Waals surface area contributed by atoms with E-state index in [1.165, 1.54) is 11.8 Å². The molecule has 5 nitrogen and oxygen atoms in total. The van der Waals surface area contributed by atoms with Crippen LogP contribution in [-0.2, 0) is 16.1 Å². The van der Waals surface area contributed by atoms with Gasteiger partial charge in [-0.2, -0.15) is 0 Å². The highest BCUT2D eigenvalue weighted by Gasteiger charge is 2.23. The molecule has 0 saturated heterocycles. The molecule has 1 aliphatic heterocycles. The average Bonchev–Trinajstić information content (AvgIpc) is 2.56. The van der Waals surface area contributed by atoms with Gasteiger partial charge >= 0.3 is 0 Å². The van der Waals surface area contributed by atoms with Crippen molar-refractivity contribution in [3.63, 3.8) is 0 Å². The van der Waals surface area contributed by atoms with Crippen molar-refractivity contribution in [2.75, 3.05) is 17.7 Å². The van der Waals surface area contributed by atoms with Crippen molar-refractivity contribution < 1.29 is 14.3 Å². The van der Waals surface area contributed by atoms with E-state index in [4.69, 9.17) is 4.74 Å². The van der Waals surface area contributed by atoms with E-state index in [2.05, 4.69) is 10.6 Å². The van der Waals surface area contributed by atoms with Crippen molar-refractivity contribution >= 4 is 35.0 Å². The minimum absolute atomic E-state index is 0.0441. The zero-order chi connectivity index (χ0) is 17.1. The highest BCUT2D eigenvalue weighted by molar-refractivity contribution is 8.00. The van der Waals surface area contributed by atoms with E-state index >= 15 is 0 Å². The van der Waals surface area contributed by atoms with Gasteiger partial charge in [-0.05, 0) is 42.8 Å². The molecule has 2 N–H and O–H groups in total. The third kappa shape index (κ3) is 3.60. The monoisotopic (exact) mass is 342 g/mol. The summed E-state index contributed by atoms with van der Waals surface area (Å²) < 4.78 is 5.10. The number of anilines is 2. The highest BCUT2D eigenvalue weighted by Crippen LogP contribution is 2.36. The van der Waals surface area contributed by atoms with Crippen LogP contribution in [-0.4, -0.2) is 24.2 Å². The topological polar surface area (TPSA) is 67.4 Å². The molecule has 2 aromatic rings. The van der Waals surface area contributed by atoms with E-state index in [9.17, 15) is 9.59 Å². The maximum atomic E-state index is 12.5. The lowest BCUT2D eigenvalue weighted by Crippen LogP contribution is -2.26. The van der Waals surface area contributed by atoms with Crippen LogP contribution in [0.25, 0.3) is 0 Å². The van der Waals surface area contributed by atoms with Gasteiger partial charge in [0.2, 0.25) is 5.91 Å². The molecule has 0 bridgehead atoms. The van der Waals surface area contributed by atoms with Crippen LogP contribution in [0.3, 0.4) is 0 Å². The van der Waals surface area contributed by atoms with Crippen molar-refractivity contribution in [2.24, 2.45) is 0 Å². The third-order valence-electron chi connectivity index (χ3n) is 3.67. The number of nitrogens with one attached hydrogen (secondary N) is 2. The molecule has 0 aromatic heterocycles. The lowest BCUT2D eigenvalue weighted by Gasteiger charge is -2.21. The van der Waals surface area contributed by atoms with Gasteiger partial charge in [-0.1, -0.05) is 12.1 Å². The summed E-state index contributed by atoms with van der Waals surface area (Å²) in [4.78, 5) is 25.2. The fourth-order valence-corrected chi connectivity index (χ4v) is 3.39. The maximum absolute atomic E-state index is 12.5. The average molecular weight is 342 g/mol. The van der Waals surface area contributed by atoms with Crippen LogP contribution in [0.5, 0.6) is 0 Å². The summed E-state index contributed by atoms with van der Waals surface area (Å²) in [5.41, 5.74) is 2.88. The van der Waals surface area contributed by atoms with E-state index < -0.39 is 0 Å². The molecule has 2 amide bonds. The van der Waals surface area contributed by atoms with Crippen molar-refractivity contribution in [3.05, 3.63) is 53.6 Å². The summed E-state index contributed by atoms with van der Waals surface area (Å²) in [5, 5.41) is 5.58. The molecule has 0 spiro atoms. The van der Waals surface area contributed by atoms with Crippen LogP contribution in [0, 0.1) is 0 Å². The van der Waals surface area contributed by atoms with Gasteiger partial charge in [0.1, 0.15) is 0 Å². The number of benzene rings is 2. The summed E-state index contributed by atoms with van der Waals surface area (Å²) >= 11 is 1.49. The second-order valence-corrected chi connectivity index (χ2v) is 6.93. The molecular weight excluding hydrogens is 324 g/mol. The fraction of sp³-hybridized carbons (Fsp3) is 0.222. The highest BCUT2D eigenvalue weighted by atomic mass is 32.2. The largest absolute Gasteiger partial charge is 0.380 e. The number of fused-ring (bicyclic) bond motifs is 1. The SMILES string of the molecule is COCc1cccc(NC(=O)c2ccc3c(c2)NC(=O)C(C)S3)c1. The normalized spacial score (nSPS) is 16.2. The Morgan fingerprint density at radius 3 is 2.92 bits per heavy atom. The van der Waals surface area contributed by atoms with E-state index in [1.54, 1.807) is 19.2 Å². The number of rotatable bonds is 4. The molecule has 124 valence electrons. The van der Waals surface area contributed by atoms with E-state index in [0.717, 1.165) is 10.5 Å². The Balaban J connectivity index is 1.77. The summed E-state index contributed by atoms with van der Waals surface area (Å²) in [6.45, 7) is 2.35. The molecule has 3 rings (SSSR count). The fourth-order valence-electron chi connectivity index (χ4n) is 2.46. The van der Waals surface area contributed by atoms with Gasteiger partial charge in [-0.3, -0.25) is 9.59 Å². The second-order valence-electron chi connectivity index (χ2n) is 5.55. The Morgan fingerprint density at radius 1 is 1.29 bits per heavy atom. The number of carbonyl (C=O) groups is 2. The molecule has 0 radical (unpaired) electrons. The van der Waals surface area contributed by atoms with Gasteiger partial charge in [0.25, 0.3) is 5.91 Å². The van der Waals surface area contributed by atoms with Crippen molar-refractivity contribution in [1.82, 2.24) is 0 Å². The molecule has 1 aliphatic rings. The standard InChI is InChI=1S/C18H18N2O3S/c1-11-17(21)20-15-9-13(6-7-16(15)24-11)18(22)19-14-5-3-4-12(8-14)10-23-2/h3-9,11H,10H2,1-2H3,(H,19,22)(H,20,21). The van der Waals surface area contributed by atoms with Crippen molar-refractivity contribution in [2.45, 2.75) is 23.7 Å². The first-order valence-electron chi connectivity index (χ1n) is 7.57. The van der Waals surface area contributed by atoms with Gasteiger partial charge in [0.05, 0.1) is 17.5 Å². The Bertz CT molecular complexity index is 792. The Labute approximate surface area is 144 Å². The van der Waals surface area contributed by atoms with Crippen LogP contribution in [0.15, 0.2) is 47.4 Å². The molecule has 2 aromatic carbocycles. The van der Waals surface area contributed by atoms with E-state index in [-0.39, 0.29) is 17.1 Å². The molecule has 0 saturated carbocycles. The lowest BCUT2D eigenvalue weighted by atomic mass is 10.1. The zero-order valence-corrected chi connectivity index (χ0v) is 14.3. The van der Waals surface area contributed by atoms with Crippen LogP contribution >= 0.6 is 11.8 Å². The molecule has 1 unspecified atom stereocenters. The van der Waals surface area contributed by atoms with E-state index in [0.29, 0.717) is 23.5 Å². The number of amides is 2. The molecule has 24 heavy (non-hydrogen) atoms. The zero-order valence-electron chi connectivity index (χ0n) is 13.5. The number of thioether (sulfide) groups is 1. The predicted octanol–water partition coefficient (Wildman–Crippen LogP) is 3.52. The summed E-state index contributed by atoms with van der Waals surface area (Å²) in [6.07, 6.45) is 0. The lowest BCUT2D eigenvalue weighted by molar-refractivity contribution is -0.115. The Morgan fingerprint density at radius 2 is 2.12 bits per heavy atom. The first-order chi connectivity index (χ1) is 11.6. The number of ether oxygens (including phenoxy) is 1. The molecule has 1 atom stereocenters. The molecule has 1 heterocycles. The van der Waals surface area contributed by atoms with Crippen molar-refractivity contribution in [3.8, 4) is 0 Å². The van der Waals surface area contributed by atoms with Gasteiger partial charge in [-0.25, -0.2) is 0 Å². The van der Waals surface area contributed by atoms with Crippen LogP contribution in [0.1, 0.15) is 22.8 Å². The van der Waals surface area contributed by atoms with Gasteiger partial charge in [-0.15, -0.1) is 11.8 Å². The number of hydrogen-bond donors (Lipinski definition) is 2. The van der Waals surface area contributed by atoms with Crippen LogP contribution in [0.2, 0.25) is 0 Å². The molecule has 0 fully saturated rings. The second kappa shape index (κ2) is 7.07. The van der Waals surface area contributed by atoms with Gasteiger partial charge in [0.15, 0.2) is 0 Å². The van der Waals surface area contributed by atoms with Gasteiger partial charge in [0, 0.05) is 23.3 Å². The Hall–Kier alpha value is -2.31. The summed E-state index contributed by atoms with van der Waals surface area (Å²) in [6, 6.07) is 12.9. The number of carbonyl (C=O) groups excluding carboxylic acids is 2. The van der Waals surface area contributed by atoms with E-state index in [1.807, 2.05) is 37.3 Å². The van der Waals surface area contributed by atoms with Crippen LogP contribution in [0.4, 0.5) is 11.4 Å². The van der Waals surface area contributed by atoms with Gasteiger partial charge < -0.3 is 15.4 Å². The molecule has 6 heteroatoms. The summed E-state index contributed by atoms with van der Waals surface area (Å²) in [5.74, 6) is -0.262. The Kier molecular flexibility index (Phi) is 4.87. The third-order valence-corrected chi connectivity index (χ3v) is 4.85. The molecular formula is C18H18N2O3S. The maximum Gasteiger partial charge on any atom is 0.255 e. The quantitative estimate of drug-likeness (QED) is 0.892. The smallest absolute Gasteiger partial charge is 0.255 e. The first kappa shape index (κ1) is 16.5. The minimum Gasteiger partial charge on any atom is -0.380 e. The first-order valence-corrected chi connectivity index (χ1v) is 8.45. The summed E-state index contributed by atoms with van der Waals surface area (Å²) in [7, 11) is 1.63. The number of methoxy groups -OCH3 is 1. The minimum atomic E-state index is -0.217.